The number of imidazole rings is 2. The molecule has 0 bridgehead atoms. The molecule has 4 aromatic heterocycles. The summed E-state index contributed by atoms with van der Waals surface area (Å²) in [6.07, 6.45) is -7.20. The molecule has 15 heteroatoms. The van der Waals surface area contributed by atoms with Crippen LogP contribution < -0.4 is 0 Å². The Hall–Kier alpha value is -3.59. The Morgan fingerprint density at radius 2 is 1.69 bits per heavy atom. The molecule has 0 aliphatic heterocycles. The van der Waals surface area contributed by atoms with Gasteiger partial charge in [-0.25, -0.2) is 23.4 Å². The predicted octanol–water partition coefficient (Wildman–Crippen LogP) is 6.27. The van der Waals surface area contributed by atoms with Gasteiger partial charge in [0.25, 0.3) is 0 Å². The maximum atomic E-state index is 13.5. The molecule has 0 aliphatic carbocycles. The molecule has 5 rings (SSSR count). The summed E-state index contributed by atoms with van der Waals surface area (Å²) in [4.78, 5) is 12.8. The predicted molar refractivity (Wildman–Crippen MR) is 131 cm³/mol. The zero-order chi connectivity index (χ0) is 28.3. The summed E-state index contributed by atoms with van der Waals surface area (Å²) in [5.41, 5.74) is -1.89. The Balaban J connectivity index is 1.68. The Morgan fingerprint density at radius 3 is 2.36 bits per heavy atom. The maximum Gasteiger partial charge on any atom is 0.417 e. The lowest BCUT2D eigenvalue weighted by atomic mass is 10.2. The molecule has 7 nitrogen and oxygen atoms in total. The van der Waals surface area contributed by atoms with E-state index in [1.165, 1.54) is 59.5 Å². The highest BCUT2D eigenvalue weighted by molar-refractivity contribution is 7.99. The van der Waals surface area contributed by atoms with Crippen molar-refractivity contribution in [1.82, 2.24) is 23.9 Å². The molecule has 0 aliphatic rings. The van der Waals surface area contributed by atoms with Crippen LogP contribution in [0.25, 0.3) is 28.3 Å². The van der Waals surface area contributed by atoms with Crippen molar-refractivity contribution in [3.63, 3.8) is 0 Å². The standard InChI is InChI=1S/C24H17F6N5O2S2/c1-3-39(36,37)22-19(21-32-16-10-13(23(25,26)27)12-31-20(16)34(21)2)33-18-11-14(8-9-35(18)22)38-17-7-5-4-6-15(17)24(28,29)30/h4-12H,3H2,1-2H3. The van der Waals surface area contributed by atoms with Crippen molar-refractivity contribution in [2.24, 2.45) is 7.05 Å². The normalized spacial score (nSPS) is 13.0. The van der Waals surface area contributed by atoms with Gasteiger partial charge in [-0.3, -0.25) is 4.40 Å². The van der Waals surface area contributed by atoms with E-state index in [0.29, 0.717) is 11.1 Å². The van der Waals surface area contributed by atoms with Crippen LogP contribution in [0.1, 0.15) is 18.1 Å². The van der Waals surface area contributed by atoms with Gasteiger partial charge in [0.05, 0.1) is 16.9 Å². The van der Waals surface area contributed by atoms with Crippen LogP contribution in [0.5, 0.6) is 0 Å². The van der Waals surface area contributed by atoms with Crippen molar-refractivity contribution in [3.05, 3.63) is 66.0 Å². The Labute approximate surface area is 221 Å². The molecule has 0 amide bonds. The molecule has 1 aromatic carbocycles. The maximum absolute atomic E-state index is 13.5. The van der Waals surface area contributed by atoms with Gasteiger partial charge in [-0.2, -0.15) is 26.3 Å². The second-order valence-electron chi connectivity index (χ2n) is 8.41. The quantitative estimate of drug-likeness (QED) is 0.226. The summed E-state index contributed by atoms with van der Waals surface area (Å²) in [6, 6.07) is 8.73. The van der Waals surface area contributed by atoms with E-state index in [0.717, 1.165) is 23.9 Å². The summed E-state index contributed by atoms with van der Waals surface area (Å²) in [7, 11) is -2.49. The Morgan fingerprint density at radius 1 is 0.974 bits per heavy atom. The molecule has 0 unspecified atom stereocenters. The second kappa shape index (κ2) is 9.26. The number of nitrogens with zero attached hydrogens (tertiary/aromatic N) is 5. The second-order valence-corrected chi connectivity index (χ2v) is 11.7. The van der Waals surface area contributed by atoms with Crippen molar-refractivity contribution in [3.8, 4) is 11.5 Å². The van der Waals surface area contributed by atoms with Crippen LogP contribution in [0.2, 0.25) is 0 Å². The number of hydrogen-bond acceptors (Lipinski definition) is 6. The average Bonchev–Trinajstić information content (AvgIpc) is 3.40. The molecule has 0 saturated heterocycles. The van der Waals surface area contributed by atoms with Crippen LogP contribution in [0.3, 0.4) is 0 Å². The van der Waals surface area contributed by atoms with Crippen LogP contribution in [-0.2, 0) is 29.2 Å². The lowest BCUT2D eigenvalue weighted by molar-refractivity contribution is -0.140. The highest BCUT2D eigenvalue weighted by atomic mass is 32.2. The van der Waals surface area contributed by atoms with Gasteiger partial charge in [0, 0.05) is 29.2 Å². The number of benzene rings is 1. The number of pyridine rings is 2. The molecule has 204 valence electrons. The van der Waals surface area contributed by atoms with Gasteiger partial charge in [0.15, 0.2) is 26.3 Å². The topological polar surface area (TPSA) is 82.1 Å². The van der Waals surface area contributed by atoms with Crippen LogP contribution in [-0.4, -0.2) is 38.1 Å². The van der Waals surface area contributed by atoms with Gasteiger partial charge in [-0.15, -0.1) is 0 Å². The third-order valence-electron chi connectivity index (χ3n) is 5.90. The van der Waals surface area contributed by atoms with E-state index < -0.39 is 33.3 Å². The first-order chi connectivity index (χ1) is 18.2. The largest absolute Gasteiger partial charge is 0.417 e. The van der Waals surface area contributed by atoms with E-state index in [2.05, 4.69) is 15.0 Å². The minimum Gasteiger partial charge on any atom is -0.310 e. The summed E-state index contributed by atoms with van der Waals surface area (Å²) < 4.78 is 109. The number of halogens is 6. The Bertz CT molecular complexity index is 1840. The zero-order valence-corrected chi connectivity index (χ0v) is 21.7. The molecule has 39 heavy (non-hydrogen) atoms. The zero-order valence-electron chi connectivity index (χ0n) is 20.0. The third kappa shape index (κ3) is 4.84. The summed E-state index contributed by atoms with van der Waals surface area (Å²) >= 11 is 0.831. The Kier molecular flexibility index (Phi) is 6.41. The number of aromatic nitrogens is 5. The molecule has 0 spiro atoms. The van der Waals surface area contributed by atoms with Gasteiger partial charge in [0.2, 0.25) is 0 Å². The number of alkyl halides is 6. The first-order valence-electron chi connectivity index (χ1n) is 11.2. The number of hydrogen-bond donors (Lipinski definition) is 0. The molecule has 0 saturated carbocycles. The fourth-order valence-electron chi connectivity index (χ4n) is 4.01. The van der Waals surface area contributed by atoms with Crippen molar-refractivity contribution in [1.29, 1.82) is 0 Å². The summed E-state index contributed by atoms with van der Waals surface area (Å²) in [6.45, 7) is 1.42. The molecule has 0 fully saturated rings. The molecule has 4 heterocycles. The fourth-order valence-corrected chi connectivity index (χ4v) is 6.15. The van der Waals surface area contributed by atoms with Gasteiger partial charge in [-0.05, 0) is 30.3 Å². The highest BCUT2D eigenvalue weighted by Crippen LogP contribution is 2.40. The average molecular weight is 586 g/mol. The number of aryl methyl sites for hydroxylation is 1. The summed E-state index contributed by atoms with van der Waals surface area (Å²) in [5, 5.41) is -0.248. The van der Waals surface area contributed by atoms with Crippen LogP contribution in [0.4, 0.5) is 26.3 Å². The minimum absolute atomic E-state index is 0.0378. The first-order valence-corrected chi connectivity index (χ1v) is 13.7. The van der Waals surface area contributed by atoms with Gasteiger partial charge < -0.3 is 4.57 Å². The first kappa shape index (κ1) is 27.0. The van der Waals surface area contributed by atoms with E-state index in [4.69, 9.17) is 0 Å². The smallest absolute Gasteiger partial charge is 0.310 e. The van der Waals surface area contributed by atoms with Crippen LogP contribution in [0, 0.1) is 0 Å². The molecular weight excluding hydrogens is 568 g/mol. The molecule has 0 atom stereocenters. The van der Waals surface area contributed by atoms with E-state index in [-0.39, 0.29) is 44.0 Å². The SMILES string of the molecule is CCS(=O)(=O)c1c(-c2nc3cc(C(F)(F)F)cnc3n2C)nc2cc(Sc3ccccc3C(F)(F)F)ccn12. The number of sulfone groups is 1. The van der Waals surface area contributed by atoms with Gasteiger partial charge in [-0.1, -0.05) is 30.8 Å². The fraction of sp³-hybridized carbons (Fsp3) is 0.208. The lowest BCUT2D eigenvalue weighted by Crippen LogP contribution is -2.09. The van der Waals surface area contributed by atoms with E-state index >= 15 is 0 Å². The number of fused-ring (bicyclic) bond motifs is 2. The molecular formula is C24H17F6N5O2S2. The lowest BCUT2D eigenvalue weighted by Gasteiger charge is -2.12. The minimum atomic E-state index is -4.66. The van der Waals surface area contributed by atoms with E-state index in [1.54, 1.807) is 0 Å². The highest BCUT2D eigenvalue weighted by Gasteiger charge is 2.34. The van der Waals surface area contributed by atoms with Crippen molar-refractivity contribution < 1.29 is 34.8 Å². The van der Waals surface area contributed by atoms with Crippen molar-refractivity contribution >= 4 is 38.4 Å². The van der Waals surface area contributed by atoms with E-state index in [1.807, 2.05) is 0 Å². The van der Waals surface area contributed by atoms with Gasteiger partial charge in [0.1, 0.15) is 16.9 Å². The van der Waals surface area contributed by atoms with Gasteiger partial charge >= 0.3 is 12.4 Å². The third-order valence-corrected chi connectivity index (χ3v) is 8.70. The van der Waals surface area contributed by atoms with Crippen molar-refractivity contribution in [2.75, 3.05) is 5.75 Å². The monoisotopic (exact) mass is 585 g/mol. The molecule has 5 aromatic rings. The van der Waals surface area contributed by atoms with Crippen LogP contribution in [0.15, 0.2) is 69.7 Å². The van der Waals surface area contributed by atoms with Crippen molar-refractivity contribution in [2.45, 2.75) is 34.1 Å². The number of rotatable bonds is 5. The van der Waals surface area contributed by atoms with Crippen LogP contribution >= 0.6 is 11.8 Å². The summed E-state index contributed by atoms with van der Waals surface area (Å²) in [5.74, 6) is -0.354. The molecule has 0 radical (unpaired) electrons. The molecule has 0 N–H and O–H groups in total. The van der Waals surface area contributed by atoms with E-state index in [9.17, 15) is 34.8 Å².